The Morgan fingerprint density at radius 3 is 3.00 bits per heavy atom. The molecule has 3 fully saturated rings. The quantitative estimate of drug-likeness (QED) is 0.831. The lowest BCUT2D eigenvalue weighted by Gasteiger charge is -2.42. The average Bonchev–Trinajstić information content (AvgIpc) is 2.98. The van der Waals surface area contributed by atoms with Gasteiger partial charge in [-0.15, -0.1) is 0 Å². The fourth-order valence-electron chi connectivity index (χ4n) is 4.69. The molecule has 2 aromatic rings. The van der Waals surface area contributed by atoms with Crippen molar-refractivity contribution in [1.29, 1.82) is 5.26 Å². The van der Waals surface area contributed by atoms with Crippen LogP contribution in [0.25, 0.3) is 11.0 Å². The Bertz CT molecular complexity index is 1040. The number of piperidine rings is 1. The van der Waals surface area contributed by atoms with Crippen LogP contribution in [0.2, 0.25) is 0 Å². The van der Waals surface area contributed by atoms with Crippen molar-refractivity contribution in [3.8, 4) is 6.07 Å². The van der Waals surface area contributed by atoms with E-state index in [1.807, 2.05) is 19.3 Å². The summed E-state index contributed by atoms with van der Waals surface area (Å²) in [5.74, 6) is 1.48. The van der Waals surface area contributed by atoms with Crippen molar-refractivity contribution in [2.75, 3.05) is 30.8 Å². The van der Waals surface area contributed by atoms with Gasteiger partial charge in [-0.25, -0.2) is 18.4 Å². The largest absolute Gasteiger partial charge is 0.356 e. The molecule has 0 radical (unpaired) electrons. The molecule has 142 valence electrons. The number of rotatable bonds is 5. The number of hydrogen-bond acceptors (Lipinski definition) is 6. The molecule has 0 unspecified atom stereocenters. The van der Waals surface area contributed by atoms with Crippen molar-refractivity contribution < 1.29 is 8.42 Å². The lowest BCUT2D eigenvalue weighted by molar-refractivity contribution is 0.278. The highest BCUT2D eigenvalue weighted by molar-refractivity contribution is 7.89. The predicted molar refractivity (Wildman–Crippen MR) is 100 cm³/mol. The average molecular weight is 386 g/mol. The normalized spacial score (nSPS) is 32.7. The predicted octanol–water partition coefficient (Wildman–Crippen LogP) is 1.35. The van der Waals surface area contributed by atoms with E-state index >= 15 is 0 Å². The van der Waals surface area contributed by atoms with E-state index in [9.17, 15) is 13.7 Å². The number of aromatic nitrogens is 3. The molecule has 0 spiro atoms. The molecule has 1 aliphatic heterocycles. The van der Waals surface area contributed by atoms with Crippen LogP contribution in [0.3, 0.4) is 0 Å². The highest BCUT2D eigenvalue weighted by Gasteiger charge is 2.62. The first kappa shape index (κ1) is 17.0. The van der Waals surface area contributed by atoms with Crippen molar-refractivity contribution in [2.45, 2.75) is 25.3 Å². The van der Waals surface area contributed by atoms with E-state index in [-0.39, 0.29) is 29.0 Å². The van der Waals surface area contributed by atoms with Crippen molar-refractivity contribution in [1.82, 2.24) is 19.3 Å². The maximum Gasteiger partial charge on any atom is 0.214 e. The summed E-state index contributed by atoms with van der Waals surface area (Å²) in [6.45, 7) is 0.914. The monoisotopic (exact) mass is 386 g/mol. The van der Waals surface area contributed by atoms with Gasteiger partial charge in [-0.3, -0.25) is 0 Å². The highest BCUT2D eigenvalue weighted by Crippen LogP contribution is 2.57. The van der Waals surface area contributed by atoms with Crippen LogP contribution in [0.1, 0.15) is 19.3 Å². The van der Waals surface area contributed by atoms with Gasteiger partial charge in [-0.05, 0) is 37.2 Å². The van der Waals surface area contributed by atoms with Crippen LogP contribution in [0.15, 0.2) is 18.6 Å². The van der Waals surface area contributed by atoms with Crippen LogP contribution in [0.5, 0.6) is 0 Å². The molecule has 0 bridgehead atoms. The SMILES string of the molecule is CN(c1ncnc2[nH]ccc12)C1CC(CS(=O)(=O)N2C[C@@H]3C[C@]3(C#N)C2)C1. The van der Waals surface area contributed by atoms with E-state index in [0.717, 1.165) is 36.1 Å². The Labute approximate surface area is 158 Å². The number of nitrogens with one attached hydrogen (secondary N) is 1. The van der Waals surface area contributed by atoms with E-state index in [0.29, 0.717) is 13.1 Å². The molecule has 8 nitrogen and oxygen atoms in total. The van der Waals surface area contributed by atoms with Gasteiger partial charge in [0.15, 0.2) is 0 Å². The zero-order valence-corrected chi connectivity index (χ0v) is 16.0. The highest BCUT2D eigenvalue weighted by atomic mass is 32.2. The standard InChI is InChI=1S/C18H22N6O2S/c1-23(17-15-2-3-20-16(15)21-11-22-17)14-4-12(5-14)8-27(25,26)24-7-13-6-18(13,9-19)10-24/h2-3,11-14H,4-8,10H2,1H3,(H,20,21,22)/t12?,13-,14?,18-/m0/s1. The van der Waals surface area contributed by atoms with Gasteiger partial charge in [0.1, 0.15) is 17.8 Å². The van der Waals surface area contributed by atoms with Crippen LogP contribution in [0, 0.1) is 28.6 Å². The topological polar surface area (TPSA) is 106 Å². The molecular formula is C18H22N6O2S. The molecule has 2 atom stereocenters. The Balaban J connectivity index is 1.21. The first-order valence-electron chi connectivity index (χ1n) is 9.32. The summed E-state index contributed by atoms with van der Waals surface area (Å²) in [5, 5.41) is 10.2. The zero-order chi connectivity index (χ0) is 18.8. The minimum absolute atomic E-state index is 0.168. The van der Waals surface area contributed by atoms with Gasteiger partial charge in [-0.2, -0.15) is 9.57 Å². The summed E-state index contributed by atoms with van der Waals surface area (Å²) in [5.41, 5.74) is 0.425. The summed E-state index contributed by atoms with van der Waals surface area (Å²) in [6, 6.07) is 4.57. The zero-order valence-electron chi connectivity index (χ0n) is 15.2. The first-order chi connectivity index (χ1) is 12.9. The van der Waals surface area contributed by atoms with Gasteiger partial charge in [0, 0.05) is 32.4 Å². The van der Waals surface area contributed by atoms with E-state index < -0.39 is 10.0 Å². The van der Waals surface area contributed by atoms with E-state index in [1.54, 1.807) is 10.6 Å². The smallest absolute Gasteiger partial charge is 0.214 e. The number of hydrogen-bond donors (Lipinski definition) is 1. The fourth-order valence-corrected chi connectivity index (χ4v) is 6.60. The lowest BCUT2D eigenvalue weighted by atomic mass is 9.81. The Kier molecular flexibility index (Phi) is 3.55. The molecule has 0 amide bonds. The number of H-pyrrole nitrogens is 1. The van der Waals surface area contributed by atoms with Gasteiger partial charge in [0.05, 0.1) is 22.6 Å². The molecule has 2 aliphatic carbocycles. The number of nitriles is 1. The minimum atomic E-state index is -3.28. The van der Waals surface area contributed by atoms with Crippen molar-refractivity contribution in [3.63, 3.8) is 0 Å². The second kappa shape index (κ2) is 5.66. The molecule has 0 aromatic carbocycles. The van der Waals surface area contributed by atoms with E-state index in [2.05, 4.69) is 25.9 Å². The summed E-state index contributed by atoms with van der Waals surface area (Å²) in [6.07, 6.45) is 5.94. The molecule has 1 N–H and O–H groups in total. The van der Waals surface area contributed by atoms with Gasteiger partial charge >= 0.3 is 0 Å². The number of aromatic amines is 1. The third-order valence-corrected chi connectivity index (χ3v) is 8.56. The molecular weight excluding hydrogens is 364 g/mol. The van der Waals surface area contributed by atoms with Gasteiger partial charge in [0.2, 0.25) is 10.0 Å². The van der Waals surface area contributed by atoms with Gasteiger partial charge < -0.3 is 9.88 Å². The molecule has 3 heterocycles. The molecule has 1 saturated heterocycles. The van der Waals surface area contributed by atoms with Crippen LogP contribution in [-0.2, 0) is 10.0 Å². The van der Waals surface area contributed by atoms with Crippen LogP contribution >= 0.6 is 0 Å². The van der Waals surface area contributed by atoms with Gasteiger partial charge in [-0.1, -0.05) is 0 Å². The minimum Gasteiger partial charge on any atom is -0.356 e. The van der Waals surface area contributed by atoms with Gasteiger partial charge in [0.25, 0.3) is 0 Å². The van der Waals surface area contributed by atoms with E-state index in [1.165, 1.54) is 0 Å². The second-order valence-electron chi connectivity index (χ2n) is 8.28. The first-order valence-corrected chi connectivity index (χ1v) is 10.9. The number of anilines is 1. The molecule has 3 aliphatic rings. The molecule has 5 rings (SSSR count). The van der Waals surface area contributed by atoms with Crippen LogP contribution in [-0.4, -0.2) is 59.6 Å². The fraction of sp³-hybridized carbons (Fsp3) is 0.611. The lowest BCUT2D eigenvalue weighted by Crippen LogP contribution is -2.47. The molecule has 2 aromatic heterocycles. The maximum absolute atomic E-state index is 12.7. The third kappa shape index (κ3) is 2.62. The molecule has 27 heavy (non-hydrogen) atoms. The number of nitrogens with zero attached hydrogens (tertiary/aromatic N) is 5. The Morgan fingerprint density at radius 2 is 2.26 bits per heavy atom. The Morgan fingerprint density at radius 1 is 1.44 bits per heavy atom. The summed E-state index contributed by atoms with van der Waals surface area (Å²) >= 11 is 0. The van der Waals surface area contributed by atoms with E-state index in [4.69, 9.17) is 0 Å². The van der Waals surface area contributed by atoms with Crippen molar-refractivity contribution >= 4 is 26.9 Å². The maximum atomic E-state index is 12.7. The van der Waals surface area contributed by atoms with Crippen molar-refractivity contribution in [3.05, 3.63) is 18.6 Å². The summed E-state index contributed by atoms with van der Waals surface area (Å²) in [7, 11) is -1.27. The number of fused-ring (bicyclic) bond motifs is 2. The van der Waals surface area contributed by atoms with Crippen LogP contribution in [0.4, 0.5) is 5.82 Å². The summed E-state index contributed by atoms with van der Waals surface area (Å²) in [4.78, 5) is 13.9. The Hall–Kier alpha value is -2.18. The summed E-state index contributed by atoms with van der Waals surface area (Å²) < 4.78 is 27.0. The van der Waals surface area contributed by atoms with Crippen molar-refractivity contribution in [2.24, 2.45) is 17.3 Å². The molecule has 9 heteroatoms. The third-order valence-electron chi connectivity index (χ3n) is 6.60. The molecule has 2 saturated carbocycles. The number of sulfonamides is 1. The second-order valence-corrected chi connectivity index (χ2v) is 10.3. The van der Waals surface area contributed by atoms with Crippen LogP contribution < -0.4 is 4.90 Å².